The lowest BCUT2D eigenvalue weighted by Crippen LogP contribution is -2.39. The molecule has 3 nitrogen and oxygen atoms in total. The summed E-state index contributed by atoms with van der Waals surface area (Å²) in [5.41, 5.74) is 0. The predicted molar refractivity (Wildman–Crippen MR) is 75.9 cm³/mol. The summed E-state index contributed by atoms with van der Waals surface area (Å²) in [6, 6.07) is 4.88. The van der Waals surface area contributed by atoms with E-state index in [0.717, 1.165) is 19.4 Å². The van der Waals surface area contributed by atoms with E-state index in [-0.39, 0.29) is 11.9 Å². The molecule has 1 amide bonds. The van der Waals surface area contributed by atoms with Gasteiger partial charge in [0.2, 0.25) is 5.91 Å². The summed E-state index contributed by atoms with van der Waals surface area (Å²) in [7, 11) is 1.93. The van der Waals surface area contributed by atoms with Crippen molar-refractivity contribution in [3.05, 3.63) is 22.4 Å². The quantitative estimate of drug-likeness (QED) is 0.887. The van der Waals surface area contributed by atoms with Crippen LogP contribution >= 0.6 is 11.3 Å². The number of nitrogens with zero attached hydrogens (tertiary/aromatic N) is 1. The minimum absolute atomic E-state index is 0.262. The summed E-state index contributed by atoms with van der Waals surface area (Å²) >= 11 is 1.76. The molecule has 1 saturated heterocycles. The lowest BCUT2D eigenvalue weighted by Gasteiger charge is -2.26. The molecule has 0 spiro atoms. The van der Waals surface area contributed by atoms with Gasteiger partial charge in [-0.1, -0.05) is 6.07 Å². The Morgan fingerprint density at radius 2 is 2.50 bits per heavy atom. The second kappa shape index (κ2) is 6.34. The summed E-state index contributed by atoms with van der Waals surface area (Å²) in [5.74, 6) is 0.262. The monoisotopic (exact) mass is 266 g/mol. The number of thiophene rings is 1. The molecule has 0 aliphatic carbocycles. The van der Waals surface area contributed by atoms with Gasteiger partial charge in [-0.3, -0.25) is 4.79 Å². The van der Waals surface area contributed by atoms with Crippen molar-refractivity contribution in [1.82, 2.24) is 10.2 Å². The first-order valence-electron chi connectivity index (χ1n) is 6.68. The molecule has 0 aromatic carbocycles. The van der Waals surface area contributed by atoms with Crippen LogP contribution in [0.3, 0.4) is 0 Å². The second-order valence-electron chi connectivity index (χ2n) is 5.13. The molecule has 1 aromatic rings. The van der Waals surface area contributed by atoms with Gasteiger partial charge in [-0.05, 0) is 37.8 Å². The Kier molecular flexibility index (Phi) is 4.78. The average Bonchev–Trinajstić information content (AvgIpc) is 3.01. The fourth-order valence-electron chi connectivity index (χ4n) is 2.39. The van der Waals surface area contributed by atoms with Gasteiger partial charge in [0.1, 0.15) is 0 Å². The van der Waals surface area contributed by atoms with E-state index in [2.05, 4.69) is 29.8 Å². The van der Waals surface area contributed by atoms with Crippen LogP contribution in [0, 0.1) is 0 Å². The number of likely N-dealkylation sites (N-methyl/N-ethyl adjacent to an activating group) is 1. The molecule has 100 valence electrons. The van der Waals surface area contributed by atoms with Gasteiger partial charge >= 0.3 is 0 Å². The number of amides is 1. The smallest absolute Gasteiger partial charge is 0.224 e. The van der Waals surface area contributed by atoms with Gasteiger partial charge in [-0.2, -0.15) is 0 Å². The van der Waals surface area contributed by atoms with Crippen molar-refractivity contribution < 1.29 is 4.79 Å². The minimum Gasteiger partial charge on any atom is -0.343 e. The minimum atomic E-state index is 0.262. The molecule has 2 atom stereocenters. The van der Waals surface area contributed by atoms with Gasteiger partial charge < -0.3 is 10.2 Å². The van der Waals surface area contributed by atoms with E-state index in [1.807, 2.05) is 11.9 Å². The molecular weight excluding hydrogens is 244 g/mol. The van der Waals surface area contributed by atoms with Crippen molar-refractivity contribution in [2.75, 3.05) is 13.6 Å². The van der Waals surface area contributed by atoms with Crippen LogP contribution in [0.25, 0.3) is 0 Å². The lowest BCUT2D eigenvalue weighted by atomic mass is 10.1. The number of carbonyl (C=O) groups excluding carboxylic acids is 1. The van der Waals surface area contributed by atoms with Crippen molar-refractivity contribution in [2.45, 2.75) is 44.7 Å². The third-order valence-electron chi connectivity index (χ3n) is 3.71. The zero-order chi connectivity index (χ0) is 13.0. The van der Waals surface area contributed by atoms with E-state index >= 15 is 0 Å². The van der Waals surface area contributed by atoms with Crippen molar-refractivity contribution in [3.63, 3.8) is 0 Å². The highest BCUT2D eigenvalue weighted by molar-refractivity contribution is 7.09. The molecule has 18 heavy (non-hydrogen) atoms. The van der Waals surface area contributed by atoms with E-state index in [9.17, 15) is 4.79 Å². The number of nitrogens with one attached hydrogen (secondary N) is 1. The van der Waals surface area contributed by atoms with Gasteiger partial charge in [-0.25, -0.2) is 0 Å². The molecule has 4 heteroatoms. The SMILES string of the molecule is CC(Cc1cccs1)N(C)C(=O)CC1CCCN1. The van der Waals surface area contributed by atoms with Crippen LogP contribution in [0.15, 0.2) is 17.5 Å². The Labute approximate surface area is 113 Å². The maximum absolute atomic E-state index is 12.2. The molecule has 1 aliphatic heterocycles. The Morgan fingerprint density at radius 1 is 1.67 bits per heavy atom. The fourth-order valence-corrected chi connectivity index (χ4v) is 3.21. The number of rotatable bonds is 5. The Balaban J connectivity index is 1.81. The zero-order valence-electron chi connectivity index (χ0n) is 11.2. The lowest BCUT2D eigenvalue weighted by molar-refractivity contribution is -0.132. The highest BCUT2D eigenvalue weighted by Crippen LogP contribution is 2.15. The van der Waals surface area contributed by atoms with Gasteiger partial charge in [0.15, 0.2) is 0 Å². The third-order valence-corrected chi connectivity index (χ3v) is 4.61. The van der Waals surface area contributed by atoms with Crippen LogP contribution in [-0.4, -0.2) is 36.5 Å². The maximum atomic E-state index is 12.2. The average molecular weight is 266 g/mol. The van der Waals surface area contributed by atoms with Crippen LogP contribution in [0.2, 0.25) is 0 Å². The second-order valence-corrected chi connectivity index (χ2v) is 6.17. The molecule has 0 saturated carbocycles. The first kappa shape index (κ1) is 13.6. The summed E-state index contributed by atoms with van der Waals surface area (Å²) in [6.45, 7) is 3.19. The normalized spacial score (nSPS) is 20.9. The molecule has 1 aromatic heterocycles. The van der Waals surface area contributed by atoms with E-state index < -0.39 is 0 Å². The Morgan fingerprint density at radius 3 is 3.11 bits per heavy atom. The van der Waals surface area contributed by atoms with Crippen LogP contribution in [0.4, 0.5) is 0 Å². The van der Waals surface area contributed by atoms with E-state index in [1.165, 1.54) is 11.3 Å². The molecule has 1 N–H and O–H groups in total. The van der Waals surface area contributed by atoms with Crippen molar-refractivity contribution >= 4 is 17.2 Å². The molecule has 2 heterocycles. The van der Waals surface area contributed by atoms with Crippen LogP contribution in [0.5, 0.6) is 0 Å². The van der Waals surface area contributed by atoms with E-state index in [1.54, 1.807) is 11.3 Å². The molecule has 1 fully saturated rings. The highest BCUT2D eigenvalue weighted by Gasteiger charge is 2.22. The highest BCUT2D eigenvalue weighted by atomic mass is 32.1. The largest absolute Gasteiger partial charge is 0.343 e. The Bertz CT molecular complexity index is 371. The number of hydrogen-bond acceptors (Lipinski definition) is 3. The molecule has 1 aliphatic rings. The van der Waals surface area contributed by atoms with Crippen molar-refractivity contribution in [2.24, 2.45) is 0 Å². The fraction of sp³-hybridized carbons (Fsp3) is 0.643. The zero-order valence-corrected chi connectivity index (χ0v) is 12.0. The Hall–Kier alpha value is -0.870. The van der Waals surface area contributed by atoms with Gasteiger partial charge in [0.25, 0.3) is 0 Å². The summed E-state index contributed by atoms with van der Waals surface area (Å²) in [5, 5.41) is 5.47. The van der Waals surface area contributed by atoms with Crippen LogP contribution in [0.1, 0.15) is 31.1 Å². The van der Waals surface area contributed by atoms with Gasteiger partial charge in [0, 0.05) is 36.9 Å². The van der Waals surface area contributed by atoms with E-state index in [0.29, 0.717) is 12.5 Å². The van der Waals surface area contributed by atoms with Gasteiger partial charge in [0.05, 0.1) is 0 Å². The molecule has 0 bridgehead atoms. The summed E-state index contributed by atoms with van der Waals surface area (Å²) < 4.78 is 0. The standard InChI is InChI=1S/C14H22N2OS/c1-11(9-13-6-4-8-18-13)16(2)14(17)10-12-5-3-7-15-12/h4,6,8,11-12,15H,3,5,7,9-10H2,1-2H3. The summed E-state index contributed by atoms with van der Waals surface area (Å²) in [6.07, 6.45) is 3.94. The first-order chi connectivity index (χ1) is 8.66. The van der Waals surface area contributed by atoms with Crippen LogP contribution < -0.4 is 5.32 Å². The van der Waals surface area contributed by atoms with Crippen LogP contribution in [-0.2, 0) is 11.2 Å². The third kappa shape index (κ3) is 3.56. The predicted octanol–water partition coefficient (Wildman–Crippen LogP) is 2.28. The topological polar surface area (TPSA) is 32.3 Å². The molecular formula is C14H22N2OS. The molecule has 2 rings (SSSR count). The number of carbonyl (C=O) groups is 1. The van der Waals surface area contributed by atoms with Crippen molar-refractivity contribution in [3.8, 4) is 0 Å². The molecule has 2 unspecified atom stereocenters. The summed E-state index contributed by atoms with van der Waals surface area (Å²) in [4.78, 5) is 15.4. The maximum Gasteiger partial charge on any atom is 0.224 e. The first-order valence-corrected chi connectivity index (χ1v) is 7.56. The molecule has 0 radical (unpaired) electrons. The van der Waals surface area contributed by atoms with Crippen molar-refractivity contribution in [1.29, 1.82) is 0 Å². The van der Waals surface area contributed by atoms with E-state index in [4.69, 9.17) is 0 Å². The number of hydrogen-bond donors (Lipinski definition) is 1. The van der Waals surface area contributed by atoms with Gasteiger partial charge in [-0.15, -0.1) is 11.3 Å².